The molecular formula is C11H13BrO. The lowest BCUT2D eigenvalue weighted by atomic mass is 10.2. The average molecular weight is 241 g/mol. The summed E-state index contributed by atoms with van der Waals surface area (Å²) < 4.78 is 6.56. The van der Waals surface area contributed by atoms with Crippen LogP contribution >= 0.6 is 15.9 Å². The summed E-state index contributed by atoms with van der Waals surface area (Å²) in [6, 6.07) is 7.83. The number of rotatable bonds is 4. The van der Waals surface area contributed by atoms with Crippen LogP contribution in [0.5, 0.6) is 5.75 Å². The summed E-state index contributed by atoms with van der Waals surface area (Å²) in [6.45, 7) is 6.52. The quantitative estimate of drug-likeness (QED) is 0.728. The lowest BCUT2D eigenvalue weighted by Gasteiger charge is -2.05. The Morgan fingerprint density at radius 2 is 2.00 bits per heavy atom. The van der Waals surface area contributed by atoms with Crippen molar-refractivity contribution in [1.82, 2.24) is 0 Å². The second kappa shape index (κ2) is 5.07. The number of halogens is 1. The Kier molecular flexibility index (Phi) is 4.03. The summed E-state index contributed by atoms with van der Waals surface area (Å²) in [4.78, 5) is 0. The molecule has 70 valence electrons. The molecule has 0 bridgehead atoms. The van der Waals surface area contributed by atoms with Crippen molar-refractivity contribution >= 4 is 15.9 Å². The van der Waals surface area contributed by atoms with Crippen molar-refractivity contribution in [1.29, 1.82) is 0 Å². The molecule has 0 fully saturated rings. The maximum atomic E-state index is 5.49. The molecule has 1 aromatic rings. The maximum absolute atomic E-state index is 5.49. The minimum Gasteiger partial charge on any atom is -0.493 e. The van der Waals surface area contributed by atoms with Crippen LogP contribution in [-0.4, -0.2) is 6.61 Å². The number of hydrogen-bond acceptors (Lipinski definition) is 1. The van der Waals surface area contributed by atoms with Gasteiger partial charge >= 0.3 is 0 Å². The molecule has 0 aliphatic rings. The van der Waals surface area contributed by atoms with Crippen molar-refractivity contribution < 1.29 is 4.74 Å². The summed E-state index contributed by atoms with van der Waals surface area (Å²) in [5.74, 6) is 0.907. The number of ether oxygens (including phenoxy) is 1. The van der Waals surface area contributed by atoms with Crippen LogP contribution in [0, 0.1) is 0 Å². The standard InChI is InChI=1S/C11H13BrO/c1-9(2)7-8-13-11-5-3-10(12)4-6-11/h3-6H,1,7-8H2,2H3. The van der Waals surface area contributed by atoms with Crippen LogP contribution in [0.4, 0.5) is 0 Å². The molecule has 2 heteroatoms. The molecule has 0 spiro atoms. The van der Waals surface area contributed by atoms with Gasteiger partial charge in [-0.3, -0.25) is 0 Å². The third kappa shape index (κ3) is 4.13. The first-order valence-electron chi connectivity index (χ1n) is 4.21. The first-order valence-corrected chi connectivity index (χ1v) is 5.00. The maximum Gasteiger partial charge on any atom is 0.119 e. The molecular weight excluding hydrogens is 228 g/mol. The Morgan fingerprint density at radius 1 is 1.38 bits per heavy atom. The van der Waals surface area contributed by atoms with Crippen LogP contribution < -0.4 is 4.74 Å². The van der Waals surface area contributed by atoms with E-state index in [1.807, 2.05) is 31.2 Å². The molecule has 0 aliphatic carbocycles. The van der Waals surface area contributed by atoms with Crippen molar-refractivity contribution in [3.8, 4) is 5.75 Å². The van der Waals surface area contributed by atoms with Gasteiger partial charge in [0.15, 0.2) is 0 Å². The van der Waals surface area contributed by atoms with Crippen molar-refractivity contribution in [3.05, 3.63) is 40.9 Å². The fourth-order valence-corrected chi connectivity index (χ4v) is 1.14. The highest BCUT2D eigenvalue weighted by Gasteiger charge is 1.93. The molecule has 0 atom stereocenters. The Labute approximate surface area is 87.5 Å². The van der Waals surface area contributed by atoms with Crippen LogP contribution in [0.2, 0.25) is 0 Å². The molecule has 1 nitrogen and oxygen atoms in total. The Morgan fingerprint density at radius 3 is 2.54 bits per heavy atom. The summed E-state index contributed by atoms with van der Waals surface area (Å²) in [7, 11) is 0. The molecule has 0 amide bonds. The van der Waals surface area contributed by atoms with Gasteiger partial charge in [-0.25, -0.2) is 0 Å². The van der Waals surface area contributed by atoms with E-state index in [0.717, 1.165) is 22.2 Å². The molecule has 0 saturated carbocycles. The van der Waals surface area contributed by atoms with E-state index in [-0.39, 0.29) is 0 Å². The molecule has 0 aromatic heterocycles. The summed E-state index contributed by atoms with van der Waals surface area (Å²) in [5, 5.41) is 0. The normalized spacial score (nSPS) is 9.69. The van der Waals surface area contributed by atoms with Crippen molar-refractivity contribution in [2.75, 3.05) is 6.61 Å². The van der Waals surface area contributed by atoms with E-state index in [2.05, 4.69) is 22.5 Å². The minimum absolute atomic E-state index is 0.705. The van der Waals surface area contributed by atoms with Gasteiger partial charge in [-0.1, -0.05) is 21.5 Å². The van der Waals surface area contributed by atoms with E-state index >= 15 is 0 Å². The van der Waals surface area contributed by atoms with Gasteiger partial charge in [-0.05, 0) is 31.2 Å². The van der Waals surface area contributed by atoms with Gasteiger partial charge in [-0.15, -0.1) is 6.58 Å². The topological polar surface area (TPSA) is 9.23 Å². The molecule has 1 rings (SSSR count). The predicted octanol–water partition coefficient (Wildman–Crippen LogP) is 3.79. The van der Waals surface area contributed by atoms with Gasteiger partial charge in [0.2, 0.25) is 0 Å². The van der Waals surface area contributed by atoms with Gasteiger partial charge in [0.25, 0.3) is 0 Å². The molecule has 13 heavy (non-hydrogen) atoms. The van der Waals surface area contributed by atoms with E-state index in [9.17, 15) is 0 Å². The van der Waals surface area contributed by atoms with E-state index in [4.69, 9.17) is 4.74 Å². The van der Waals surface area contributed by atoms with Crippen LogP contribution in [0.3, 0.4) is 0 Å². The second-order valence-corrected chi connectivity index (χ2v) is 3.93. The highest BCUT2D eigenvalue weighted by Crippen LogP contribution is 2.16. The largest absolute Gasteiger partial charge is 0.493 e. The first-order chi connectivity index (χ1) is 6.18. The molecule has 0 N–H and O–H groups in total. The van der Waals surface area contributed by atoms with Gasteiger partial charge in [0.05, 0.1) is 6.61 Å². The van der Waals surface area contributed by atoms with Crippen LogP contribution in [0.1, 0.15) is 13.3 Å². The monoisotopic (exact) mass is 240 g/mol. The summed E-state index contributed by atoms with van der Waals surface area (Å²) >= 11 is 3.37. The lowest BCUT2D eigenvalue weighted by Crippen LogP contribution is -1.96. The van der Waals surface area contributed by atoms with Crippen molar-refractivity contribution in [2.24, 2.45) is 0 Å². The zero-order valence-electron chi connectivity index (χ0n) is 7.72. The highest BCUT2D eigenvalue weighted by molar-refractivity contribution is 9.10. The summed E-state index contributed by atoms with van der Waals surface area (Å²) in [5.41, 5.74) is 1.15. The predicted molar refractivity (Wildman–Crippen MR) is 59.1 cm³/mol. The second-order valence-electron chi connectivity index (χ2n) is 3.01. The number of hydrogen-bond donors (Lipinski definition) is 0. The van der Waals surface area contributed by atoms with Gasteiger partial charge in [0.1, 0.15) is 5.75 Å². The molecule has 0 aliphatic heterocycles. The van der Waals surface area contributed by atoms with Crippen LogP contribution in [-0.2, 0) is 0 Å². The van der Waals surface area contributed by atoms with Crippen molar-refractivity contribution in [3.63, 3.8) is 0 Å². The fraction of sp³-hybridized carbons (Fsp3) is 0.273. The van der Waals surface area contributed by atoms with Gasteiger partial charge in [-0.2, -0.15) is 0 Å². The Bertz CT molecular complexity index is 277. The summed E-state index contributed by atoms with van der Waals surface area (Å²) in [6.07, 6.45) is 0.913. The van der Waals surface area contributed by atoms with E-state index < -0.39 is 0 Å². The zero-order valence-corrected chi connectivity index (χ0v) is 9.30. The third-order valence-electron chi connectivity index (χ3n) is 1.61. The molecule has 1 aromatic carbocycles. The molecule has 0 saturated heterocycles. The zero-order chi connectivity index (χ0) is 9.68. The van der Waals surface area contributed by atoms with E-state index in [1.165, 1.54) is 0 Å². The smallest absolute Gasteiger partial charge is 0.119 e. The lowest BCUT2D eigenvalue weighted by molar-refractivity contribution is 0.321. The molecule has 0 radical (unpaired) electrons. The molecule has 0 heterocycles. The fourth-order valence-electron chi connectivity index (χ4n) is 0.874. The average Bonchev–Trinajstić information content (AvgIpc) is 2.08. The van der Waals surface area contributed by atoms with E-state index in [0.29, 0.717) is 6.61 Å². The third-order valence-corrected chi connectivity index (χ3v) is 2.14. The molecule has 0 unspecified atom stereocenters. The van der Waals surface area contributed by atoms with Gasteiger partial charge < -0.3 is 4.74 Å². The van der Waals surface area contributed by atoms with Crippen LogP contribution in [0.25, 0.3) is 0 Å². The SMILES string of the molecule is C=C(C)CCOc1ccc(Br)cc1. The van der Waals surface area contributed by atoms with Gasteiger partial charge in [0, 0.05) is 10.9 Å². The Hall–Kier alpha value is -0.760. The Balaban J connectivity index is 2.37. The highest BCUT2D eigenvalue weighted by atomic mass is 79.9. The van der Waals surface area contributed by atoms with E-state index in [1.54, 1.807) is 0 Å². The van der Waals surface area contributed by atoms with Crippen molar-refractivity contribution in [2.45, 2.75) is 13.3 Å². The first kappa shape index (κ1) is 10.3. The minimum atomic E-state index is 0.705. The number of benzene rings is 1. The van der Waals surface area contributed by atoms with Crippen LogP contribution in [0.15, 0.2) is 40.9 Å².